The second-order valence-electron chi connectivity index (χ2n) is 4.81. The van der Waals surface area contributed by atoms with Crippen LogP contribution >= 0.6 is 11.6 Å². The summed E-state index contributed by atoms with van der Waals surface area (Å²) in [6.45, 7) is 1.84. The van der Waals surface area contributed by atoms with Crippen molar-refractivity contribution in [3.8, 4) is 0 Å². The Balaban J connectivity index is 2.38. The van der Waals surface area contributed by atoms with Gasteiger partial charge in [-0.15, -0.1) is 0 Å². The zero-order chi connectivity index (χ0) is 12.7. The Morgan fingerprint density at radius 3 is 2.83 bits per heavy atom. The van der Waals surface area contributed by atoms with Crippen molar-refractivity contribution in [1.29, 1.82) is 0 Å². The fraction of sp³-hybridized carbons (Fsp3) is 0.462. The third-order valence-corrected chi connectivity index (χ3v) is 4.19. The molecular weight excluding hydrogens is 250 g/mol. The van der Waals surface area contributed by atoms with Crippen LogP contribution in [0, 0.1) is 6.92 Å². The summed E-state index contributed by atoms with van der Waals surface area (Å²) in [5.74, 6) is 0. The topological polar surface area (TPSA) is 47.8 Å². The van der Waals surface area contributed by atoms with Crippen LogP contribution in [0.1, 0.15) is 37.3 Å². The molecule has 1 saturated carbocycles. The highest BCUT2D eigenvalue weighted by atomic mass is 35.5. The van der Waals surface area contributed by atoms with E-state index in [0.717, 1.165) is 36.6 Å². The maximum absolute atomic E-state index is 12.4. The molecule has 0 spiro atoms. The lowest BCUT2D eigenvalue weighted by Gasteiger charge is -2.17. The minimum Gasteiger partial charge on any atom is -0.288 e. The van der Waals surface area contributed by atoms with Crippen molar-refractivity contribution >= 4 is 22.6 Å². The molecule has 0 amide bonds. The Morgan fingerprint density at radius 1 is 1.39 bits per heavy atom. The monoisotopic (exact) mass is 263 g/mol. The molecular formula is C13H14ClN3O. The third kappa shape index (κ3) is 1.63. The van der Waals surface area contributed by atoms with Crippen LogP contribution in [0.3, 0.4) is 0 Å². The Hall–Kier alpha value is -1.42. The van der Waals surface area contributed by atoms with E-state index >= 15 is 0 Å². The van der Waals surface area contributed by atoms with E-state index in [9.17, 15) is 4.79 Å². The number of aromatic nitrogens is 3. The minimum absolute atomic E-state index is 0.118. The molecule has 0 unspecified atom stereocenters. The van der Waals surface area contributed by atoms with Gasteiger partial charge in [-0.1, -0.05) is 24.4 Å². The van der Waals surface area contributed by atoms with E-state index in [4.69, 9.17) is 11.6 Å². The zero-order valence-corrected chi connectivity index (χ0v) is 10.9. The summed E-state index contributed by atoms with van der Waals surface area (Å²) < 4.78 is 1.76. The zero-order valence-electron chi connectivity index (χ0n) is 10.2. The van der Waals surface area contributed by atoms with Gasteiger partial charge in [0.2, 0.25) is 0 Å². The standard InChI is InChI=1S/C13H14ClN3O/c1-8-10-6-15-7-16-12(10)17(13(18)11(8)14)9-4-2-3-5-9/h6-7,9H,2-5H2,1H3. The van der Waals surface area contributed by atoms with E-state index in [2.05, 4.69) is 9.97 Å². The van der Waals surface area contributed by atoms with Gasteiger partial charge in [0.05, 0.1) is 0 Å². The highest BCUT2D eigenvalue weighted by molar-refractivity contribution is 6.32. The first kappa shape index (κ1) is 11.7. The number of hydrogen-bond acceptors (Lipinski definition) is 3. The van der Waals surface area contributed by atoms with Crippen molar-refractivity contribution < 1.29 is 0 Å². The van der Waals surface area contributed by atoms with Crippen LogP contribution < -0.4 is 5.56 Å². The van der Waals surface area contributed by atoms with Crippen LogP contribution in [0.2, 0.25) is 5.02 Å². The van der Waals surface area contributed by atoms with Crippen molar-refractivity contribution in [3.05, 3.63) is 33.5 Å². The lowest BCUT2D eigenvalue weighted by molar-refractivity contribution is 0.515. The van der Waals surface area contributed by atoms with E-state index in [1.165, 1.54) is 6.33 Å². The van der Waals surface area contributed by atoms with E-state index in [1.54, 1.807) is 10.8 Å². The summed E-state index contributed by atoms with van der Waals surface area (Å²) in [5, 5.41) is 1.17. The Morgan fingerprint density at radius 2 is 2.11 bits per heavy atom. The molecule has 1 aliphatic carbocycles. The molecule has 4 nitrogen and oxygen atoms in total. The first-order valence-electron chi connectivity index (χ1n) is 6.20. The molecule has 0 N–H and O–H groups in total. The number of fused-ring (bicyclic) bond motifs is 1. The first-order chi connectivity index (χ1) is 8.70. The number of aryl methyl sites for hydroxylation is 1. The first-order valence-corrected chi connectivity index (χ1v) is 6.58. The van der Waals surface area contributed by atoms with Gasteiger partial charge in [0.15, 0.2) is 0 Å². The van der Waals surface area contributed by atoms with Gasteiger partial charge in [-0.05, 0) is 25.3 Å². The number of nitrogens with zero attached hydrogens (tertiary/aromatic N) is 3. The van der Waals surface area contributed by atoms with E-state index in [0.29, 0.717) is 10.7 Å². The molecule has 0 bridgehead atoms. The highest BCUT2D eigenvalue weighted by Crippen LogP contribution is 2.31. The molecule has 18 heavy (non-hydrogen) atoms. The van der Waals surface area contributed by atoms with Gasteiger partial charge in [-0.3, -0.25) is 9.36 Å². The second-order valence-corrected chi connectivity index (χ2v) is 5.19. The number of pyridine rings is 1. The number of halogens is 1. The molecule has 0 atom stereocenters. The molecule has 5 heteroatoms. The molecule has 2 heterocycles. The molecule has 0 aromatic carbocycles. The average Bonchev–Trinajstić information content (AvgIpc) is 2.90. The van der Waals surface area contributed by atoms with Gasteiger partial charge >= 0.3 is 0 Å². The fourth-order valence-electron chi connectivity index (χ4n) is 2.76. The second kappa shape index (κ2) is 4.35. The summed E-state index contributed by atoms with van der Waals surface area (Å²) in [4.78, 5) is 20.7. The predicted molar refractivity (Wildman–Crippen MR) is 71.1 cm³/mol. The van der Waals surface area contributed by atoms with E-state index in [-0.39, 0.29) is 11.6 Å². The average molecular weight is 264 g/mol. The molecule has 2 aromatic heterocycles. The molecule has 0 aliphatic heterocycles. The normalized spacial score (nSPS) is 16.6. The van der Waals surface area contributed by atoms with Crippen LogP contribution in [-0.2, 0) is 0 Å². The largest absolute Gasteiger partial charge is 0.288 e. The van der Waals surface area contributed by atoms with Gasteiger partial charge in [-0.25, -0.2) is 9.97 Å². The maximum Gasteiger partial charge on any atom is 0.271 e. The SMILES string of the molecule is Cc1c(Cl)c(=O)n(C2CCCC2)c2ncncc12. The number of hydrogen-bond donors (Lipinski definition) is 0. The lowest BCUT2D eigenvalue weighted by atomic mass is 10.1. The van der Waals surface area contributed by atoms with Gasteiger partial charge in [0, 0.05) is 17.6 Å². The Kier molecular flexibility index (Phi) is 2.82. The van der Waals surface area contributed by atoms with Crippen LogP contribution in [0.4, 0.5) is 0 Å². The summed E-state index contributed by atoms with van der Waals surface area (Å²) in [6.07, 6.45) is 7.59. The third-order valence-electron chi connectivity index (χ3n) is 3.75. The van der Waals surface area contributed by atoms with Crippen LogP contribution in [0.15, 0.2) is 17.3 Å². The Labute approximate surface area is 110 Å². The Bertz CT molecular complexity index is 659. The summed E-state index contributed by atoms with van der Waals surface area (Å²) >= 11 is 6.15. The van der Waals surface area contributed by atoms with Gasteiger partial charge < -0.3 is 0 Å². The van der Waals surface area contributed by atoms with Crippen molar-refractivity contribution in [2.75, 3.05) is 0 Å². The highest BCUT2D eigenvalue weighted by Gasteiger charge is 2.23. The quantitative estimate of drug-likeness (QED) is 0.795. The fourth-order valence-corrected chi connectivity index (χ4v) is 2.95. The molecule has 0 radical (unpaired) electrons. The molecule has 0 saturated heterocycles. The van der Waals surface area contributed by atoms with Gasteiger partial charge in [0.25, 0.3) is 5.56 Å². The van der Waals surface area contributed by atoms with Gasteiger partial charge in [0.1, 0.15) is 17.0 Å². The van der Waals surface area contributed by atoms with Crippen LogP contribution in [0.5, 0.6) is 0 Å². The van der Waals surface area contributed by atoms with Crippen LogP contribution in [-0.4, -0.2) is 14.5 Å². The summed E-state index contributed by atoms with van der Waals surface area (Å²) in [5.41, 5.74) is 1.36. The summed E-state index contributed by atoms with van der Waals surface area (Å²) in [7, 11) is 0. The smallest absolute Gasteiger partial charge is 0.271 e. The molecule has 1 aliphatic rings. The molecule has 94 valence electrons. The predicted octanol–water partition coefficient (Wildman–Crippen LogP) is 2.87. The van der Waals surface area contributed by atoms with Gasteiger partial charge in [-0.2, -0.15) is 0 Å². The van der Waals surface area contributed by atoms with Crippen LogP contribution in [0.25, 0.3) is 11.0 Å². The minimum atomic E-state index is -0.118. The lowest BCUT2D eigenvalue weighted by Crippen LogP contribution is -2.25. The maximum atomic E-state index is 12.4. The molecule has 1 fully saturated rings. The number of rotatable bonds is 1. The van der Waals surface area contributed by atoms with Crippen molar-refractivity contribution in [2.45, 2.75) is 38.6 Å². The molecule has 3 rings (SSSR count). The van der Waals surface area contributed by atoms with E-state index in [1.807, 2.05) is 6.92 Å². The van der Waals surface area contributed by atoms with Crippen molar-refractivity contribution in [3.63, 3.8) is 0 Å². The summed E-state index contributed by atoms with van der Waals surface area (Å²) in [6, 6.07) is 0.230. The van der Waals surface area contributed by atoms with Crippen molar-refractivity contribution in [1.82, 2.24) is 14.5 Å². The van der Waals surface area contributed by atoms with E-state index < -0.39 is 0 Å². The molecule has 2 aromatic rings. The van der Waals surface area contributed by atoms with Crippen molar-refractivity contribution in [2.24, 2.45) is 0 Å².